The summed E-state index contributed by atoms with van der Waals surface area (Å²) in [7, 11) is 1.49. The Morgan fingerprint density at radius 1 is 1.16 bits per heavy atom. The van der Waals surface area contributed by atoms with Crippen molar-refractivity contribution in [3.05, 3.63) is 108 Å². The summed E-state index contributed by atoms with van der Waals surface area (Å²) in [4.78, 5) is 29.6. The number of aromatic nitrogens is 2. The number of aliphatic carboxylic acids is 1. The zero-order valence-corrected chi connectivity index (χ0v) is 26.5. The van der Waals surface area contributed by atoms with Crippen LogP contribution in [-0.4, -0.2) is 69.7 Å². The van der Waals surface area contributed by atoms with E-state index in [-0.39, 0.29) is 12.1 Å². The standard InChI is InChI=1S/C32H33ClF3N6O2P/c1-4-5-28(32(35,36)45)38-21(3)41-14-16-42(17-15-41)29-19-26(39-30(40-29)23-8-12-25(34)13-9-23)20(2)37-27(31(43)44)18-22-6-10-24(33)11-7-22/h4-13,19,27,37H,1-2,14-18,45H2,3H3,(H,43,44)/b28-5-,38-21?. The number of piperazine rings is 1. The number of nitrogens with zero attached hydrogens (tertiary/aromatic N) is 5. The molecule has 3 aromatic rings. The quantitative estimate of drug-likeness (QED) is 0.109. The van der Waals surface area contributed by atoms with Crippen molar-refractivity contribution in [3.8, 4) is 11.4 Å². The van der Waals surface area contributed by atoms with Crippen LogP contribution < -0.4 is 10.2 Å². The minimum atomic E-state index is -3.20. The smallest absolute Gasteiger partial charge is 0.326 e. The number of hydrogen-bond donors (Lipinski definition) is 2. The summed E-state index contributed by atoms with van der Waals surface area (Å²) in [5.74, 6) is -0.190. The summed E-state index contributed by atoms with van der Waals surface area (Å²) >= 11 is 5.97. The van der Waals surface area contributed by atoms with E-state index in [9.17, 15) is 23.1 Å². The maximum atomic E-state index is 14.0. The first kappa shape index (κ1) is 33.7. The first-order valence-electron chi connectivity index (χ1n) is 14.0. The third-order valence-electron chi connectivity index (χ3n) is 7.08. The van der Waals surface area contributed by atoms with E-state index in [1.165, 1.54) is 33.5 Å². The van der Waals surface area contributed by atoms with Crippen molar-refractivity contribution in [1.82, 2.24) is 20.2 Å². The molecule has 0 aliphatic carbocycles. The monoisotopic (exact) mass is 656 g/mol. The molecule has 236 valence electrons. The van der Waals surface area contributed by atoms with Crippen LogP contribution >= 0.6 is 20.8 Å². The maximum absolute atomic E-state index is 14.0. The molecule has 2 heterocycles. The Kier molecular flexibility index (Phi) is 11.0. The number of carbonyl (C=O) groups is 1. The van der Waals surface area contributed by atoms with E-state index in [4.69, 9.17) is 16.6 Å². The second-order valence-electron chi connectivity index (χ2n) is 10.3. The van der Waals surface area contributed by atoms with Gasteiger partial charge in [-0.1, -0.05) is 52.2 Å². The van der Waals surface area contributed by atoms with Gasteiger partial charge in [0.15, 0.2) is 5.82 Å². The van der Waals surface area contributed by atoms with Crippen LogP contribution in [0.15, 0.2) is 90.6 Å². The molecule has 0 radical (unpaired) electrons. The summed E-state index contributed by atoms with van der Waals surface area (Å²) in [6.45, 7) is 11.2. The Labute approximate surface area is 267 Å². The highest BCUT2D eigenvalue weighted by atomic mass is 35.5. The molecule has 2 atom stereocenters. The van der Waals surface area contributed by atoms with E-state index in [2.05, 4.69) is 28.5 Å². The van der Waals surface area contributed by atoms with Crippen LogP contribution in [0.5, 0.6) is 0 Å². The number of alkyl halides is 2. The summed E-state index contributed by atoms with van der Waals surface area (Å²) in [5, 5.41) is 13.5. The molecule has 1 aromatic heterocycles. The van der Waals surface area contributed by atoms with Crippen molar-refractivity contribution in [1.29, 1.82) is 0 Å². The molecule has 1 saturated heterocycles. The van der Waals surface area contributed by atoms with Crippen molar-refractivity contribution >= 4 is 44.2 Å². The molecule has 0 amide bonds. The molecule has 1 fully saturated rings. The van der Waals surface area contributed by atoms with Crippen molar-refractivity contribution in [3.63, 3.8) is 0 Å². The number of rotatable bonds is 11. The fourth-order valence-electron chi connectivity index (χ4n) is 4.66. The van der Waals surface area contributed by atoms with Gasteiger partial charge in [0.2, 0.25) is 0 Å². The minimum absolute atomic E-state index is 0.170. The fourth-order valence-corrected chi connectivity index (χ4v) is 4.95. The molecule has 13 heteroatoms. The Hall–Kier alpha value is -4.21. The zero-order valence-electron chi connectivity index (χ0n) is 24.6. The Morgan fingerprint density at radius 2 is 1.80 bits per heavy atom. The second kappa shape index (κ2) is 14.7. The molecular weight excluding hydrogens is 624 g/mol. The summed E-state index contributed by atoms with van der Waals surface area (Å²) in [5.41, 5.74) is -1.64. The molecule has 4 rings (SSSR count). The lowest BCUT2D eigenvalue weighted by molar-refractivity contribution is -0.139. The first-order valence-corrected chi connectivity index (χ1v) is 14.9. The SMILES string of the molecule is C=C/C=C(\N=C(C)N1CCN(c2cc(C(=C)NC(Cc3ccc(Cl)cc3)C(=O)O)nc(-c3ccc(F)cc3)n2)CC1)C(F)(F)P. The number of nitrogens with one attached hydrogen (secondary N) is 1. The number of hydrogen-bond acceptors (Lipinski definition) is 6. The minimum Gasteiger partial charge on any atom is -0.480 e. The normalized spacial score (nSPS) is 15.1. The van der Waals surface area contributed by atoms with Crippen LogP contribution in [-0.2, 0) is 11.2 Å². The molecule has 8 nitrogen and oxygen atoms in total. The highest BCUT2D eigenvalue weighted by Crippen LogP contribution is 2.32. The Bertz CT molecular complexity index is 1600. The van der Waals surface area contributed by atoms with Crippen molar-refractivity contribution in [2.24, 2.45) is 4.99 Å². The summed E-state index contributed by atoms with van der Waals surface area (Å²) in [6.07, 6.45) is 2.62. The Morgan fingerprint density at radius 3 is 2.38 bits per heavy atom. The molecule has 1 aliphatic rings. The second-order valence-corrected chi connectivity index (χ2v) is 11.5. The van der Waals surface area contributed by atoms with Gasteiger partial charge in [-0.05, 0) is 55.0 Å². The largest absolute Gasteiger partial charge is 0.480 e. The molecule has 0 spiro atoms. The Balaban J connectivity index is 1.58. The van der Waals surface area contributed by atoms with Crippen LogP contribution in [0.1, 0.15) is 18.2 Å². The topological polar surface area (TPSA) is 94.0 Å². The van der Waals surface area contributed by atoms with Gasteiger partial charge >= 0.3 is 5.97 Å². The molecule has 0 saturated carbocycles. The molecule has 0 bridgehead atoms. The lowest BCUT2D eigenvalue weighted by Crippen LogP contribution is -2.48. The van der Waals surface area contributed by atoms with Gasteiger partial charge in [-0.15, -0.1) is 0 Å². The maximum Gasteiger partial charge on any atom is 0.326 e. The zero-order chi connectivity index (χ0) is 32.7. The third kappa shape index (κ3) is 9.15. The van der Waals surface area contributed by atoms with Crippen LogP contribution in [0.4, 0.5) is 19.0 Å². The average molecular weight is 657 g/mol. The molecule has 2 unspecified atom stereocenters. The summed E-state index contributed by atoms with van der Waals surface area (Å²) < 4.78 is 41.6. The molecule has 45 heavy (non-hydrogen) atoms. The van der Waals surface area contributed by atoms with E-state index in [1.807, 2.05) is 9.80 Å². The number of halogens is 4. The van der Waals surface area contributed by atoms with Gasteiger partial charge in [0.25, 0.3) is 5.66 Å². The first-order chi connectivity index (χ1) is 21.3. The molecule has 2 N–H and O–H groups in total. The molecule has 2 aromatic carbocycles. The van der Waals surface area contributed by atoms with Gasteiger partial charge in [0.1, 0.15) is 29.2 Å². The van der Waals surface area contributed by atoms with Crippen molar-refractivity contribution < 1.29 is 23.1 Å². The van der Waals surface area contributed by atoms with E-state index in [0.29, 0.717) is 59.9 Å². The van der Waals surface area contributed by atoms with Crippen LogP contribution in [0.3, 0.4) is 0 Å². The van der Waals surface area contributed by atoms with E-state index < -0.39 is 29.2 Å². The number of aliphatic imine (C=N–C) groups is 1. The number of benzene rings is 2. The summed E-state index contributed by atoms with van der Waals surface area (Å²) in [6, 6.07) is 13.3. The number of carboxylic acid groups (broad SMARTS) is 1. The van der Waals surface area contributed by atoms with Gasteiger partial charge in [-0.3, -0.25) is 0 Å². The van der Waals surface area contributed by atoms with Crippen LogP contribution in [0.2, 0.25) is 5.02 Å². The highest BCUT2D eigenvalue weighted by molar-refractivity contribution is 7.18. The number of anilines is 1. The van der Waals surface area contributed by atoms with Gasteiger partial charge in [-0.25, -0.2) is 24.1 Å². The lowest BCUT2D eigenvalue weighted by atomic mass is 10.1. The van der Waals surface area contributed by atoms with E-state index in [0.717, 1.165) is 5.56 Å². The fraction of sp³-hybridized carbons (Fsp3) is 0.250. The predicted octanol–water partition coefficient (Wildman–Crippen LogP) is 6.27. The number of amidine groups is 1. The van der Waals surface area contributed by atoms with Crippen LogP contribution in [0.25, 0.3) is 17.1 Å². The van der Waals surface area contributed by atoms with Gasteiger partial charge in [0.05, 0.1) is 11.4 Å². The van der Waals surface area contributed by atoms with Crippen LogP contribution in [0, 0.1) is 5.82 Å². The lowest BCUT2D eigenvalue weighted by Gasteiger charge is -2.36. The van der Waals surface area contributed by atoms with Gasteiger partial charge < -0.3 is 20.2 Å². The third-order valence-corrected chi connectivity index (χ3v) is 7.63. The van der Waals surface area contributed by atoms with Crippen molar-refractivity contribution in [2.75, 3.05) is 31.1 Å². The van der Waals surface area contributed by atoms with Gasteiger partial charge in [0, 0.05) is 49.3 Å². The predicted molar refractivity (Wildman–Crippen MR) is 176 cm³/mol. The molecular formula is C32H33ClF3N6O2P. The average Bonchev–Trinajstić information content (AvgIpc) is 3.01. The number of allylic oxidation sites excluding steroid dienone is 3. The highest BCUT2D eigenvalue weighted by Gasteiger charge is 2.29. The molecule has 1 aliphatic heterocycles. The van der Waals surface area contributed by atoms with Crippen molar-refractivity contribution in [2.45, 2.75) is 25.1 Å². The number of carboxylic acids is 1. The van der Waals surface area contributed by atoms with Gasteiger partial charge in [-0.2, -0.15) is 8.78 Å². The van der Waals surface area contributed by atoms with E-state index in [1.54, 1.807) is 49.4 Å². The van der Waals surface area contributed by atoms with E-state index >= 15 is 0 Å².